The molecule has 0 amide bonds. The Balaban J connectivity index is 1.44. The molecule has 1 nitrogen and oxygen atoms in total. The quantitative estimate of drug-likeness (QED) is 0.819. The van der Waals surface area contributed by atoms with E-state index in [0.29, 0.717) is 0 Å². The Kier molecular flexibility index (Phi) is 4.13. The van der Waals surface area contributed by atoms with Crippen LogP contribution in [0.4, 0.5) is 4.39 Å². The van der Waals surface area contributed by atoms with E-state index in [1.165, 1.54) is 37.8 Å². The van der Waals surface area contributed by atoms with Crippen molar-refractivity contribution in [2.24, 2.45) is 17.8 Å². The maximum Gasteiger partial charge on any atom is 0.123 e. The van der Waals surface area contributed by atoms with Crippen LogP contribution in [0.3, 0.4) is 0 Å². The summed E-state index contributed by atoms with van der Waals surface area (Å²) in [6.45, 7) is 0. The van der Waals surface area contributed by atoms with Crippen molar-refractivity contribution >= 4 is 11.8 Å². The van der Waals surface area contributed by atoms with Crippen LogP contribution in [0.15, 0.2) is 29.2 Å². The molecule has 3 rings (SSSR count). The van der Waals surface area contributed by atoms with E-state index < -0.39 is 0 Å². The molecule has 0 radical (unpaired) electrons. The molecule has 2 saturated carbocycles. The lowest BCUT2D eigenvalue weighted by atomic mass is 9.85. The molecule has 2 fully saturated rings. The molecule has 0 saturated heterocycles. The van der Waals surface area contributed by atoms with E-state index >= 15 is 0 Å². The minimum Gasteiger partial charge on any atom is -0.392 e. The van der Waals surface area contributed by atoms with Gasteiger partial charge in [-0.15, -0.1) is 11.8 Å². The third kappa shape index (κ3) is 3.32. The third-order valence-corrected chi connectivity index (χ3v) is 5.87. The van der Waals surface area contributed by atoms with E-state index in [1.54, 1.807) is 23.9 Å². The number of halogens is 1. The molecule has 1 aromatic rings. The first-order valence-electron chi connectivity index (χ1n) is 7.27. The van der Waals surface area contributed by atoms with Crippen molar-refractivity contribution in [1.29, 1.82) is 0 Å². The molecule has 0 aliphatic heterocycles. The number of thioether (sulfide) groups is 1. The molecule has 4 atom stereocenters. The first-order chi connectivity index (χ1) is 9.20. The Morgan fingerprint density at radius 1 is 1.21 bits per heavy atom. The van der Waals surface area contributed by atoms with Crippen LogP contribution < -0.4 is 0 Å². The fourth-order valence-electron chi connectivity index (χ4n) is 3.81. The standard InChI is InChI=1S/C16H21FOS/c17-14-3-5-16(6-4-14)19-10-15(18)9-13-8-11-1-2-12(13)7-11/h3-6,11-13,15,18H,1-2,7-10H2. The molecular formula is C16H21FOS. The Bertz CT molecular complexity index is 419. The van der Waals surface area contributed by atoms with Gasteiger partial charge in [0.25, 0.3) is 0 Å². The molecule has 1 N–H and O–H groups in total. The average Bonchev–Trinajstić information content (AvgIpc) is 3.00. The lowest BCUT2D eigenvalue weighted by Gasteiger charge is -2.24. The van der Waals surface area contributed by atoms with Gasteiger partial charge in [0.1, 0.15) is 5.82 Å². The van der Waals surface area contributed by atoms with E-state index in [2.05, 4.69) is 0 Å². The molecule has 1 aromatic carbocycles. The molecule has 3 heteroatoms. The van der Waals surface area contributed by atoms with Gasteiger partial charge in [-0.2, -0.15) is 0 Å². The van der Waals surface area contributed by atoms with Gasteiger partial charge in [0.05, 0.1) is 6.10 Å². The molecule has 2 bridgehead atoms. The first-order valence-corrected chi connectivity index (χ1v) is 8.25. The minimum absolute atomic E-state index is 0.202. The van der Waals surface area contributed by atoms with Gasteiger partial charge in [-0.25, -0.2) is 4.39 Å². The van der Waals surface area contributed by atoms with Crippen molar-refractivity contribution in [1.82, 2.24) is 0 Å². The molecular weight excluding hydrogens is 259 g/mol. The molecule has 4 unspecified atom stereocenters. The van der Waals surface area contributed by atoms with Crippen molar-refractivity contribution in [3.63, 3.8) is 0 Å². The lowest BCUT2D eigenvalue weighted by molar-refractivity contribution is 0.144. The van der Waals surface area contributed by atoms with Crippen molar-refractivity contribution < 1.29 is 9.50 Å². The Morgan fingerprint density at radius 2 is 2.00 bits per heavy atom. The predicted octanol–water partition coefficient (Wildman–Crippen LogP) is 4.11. The van der Waals surface area contributed by atoms with Gasteiger partial charge in [-0.1, -0.05) is 6.42 Å². The van der Waals surface area contributed by atoms with Crippen LogP contribution in [-0.4, -0.2) is 17.0 Å². The monoisotopic (exact) mass is 280 g/mol. The van der Waals surface area contributed by atoms with Crippen molar-refractivity contribution in [2.45, 2.75) is 43.1 Å². The number of benzene rings is 1. The van der Waals surface area contributed by atoms with Gasteiger partial charge in [0.2, 0.25) is 0 Å². The number of hydrogen-bond acceptors (Lipinski definition) is 2. The van der Waals surface area contributed by atoms with Crippen LogP contribution in [0.25, 0.3) is 0 Å². The molecule has 104 valence electrons. The normalized spacial score (nSPS) is 30.7. The van der Waals surface area contributed by atoms with Crippen LogP contribution in [0, 0.1) is 23.6 Å². The first kappa shape index (κ1) is 13.4. The second kappa shape index (κ2) is 5.84. The smallest absolute Gasteiger partial charge is 0.123 e. The molecule has 0 spiro atoms. The Hall–Kier alpha value is -0.540. The number of rotatable bonds is 5. The van der Waals surface area contributed by atoms with Crippen molar-refractivity contribution in [2.75, 3.05) is 5.75 Å². The molecule has 0 heterocycles. The van der Waals surface area contributed by atoms with Crippen LogP contribution in [0.1, 0.15) is 32.1 Å². The van der Waals surface area contributed by atoms with Crippen LogP contribution in [0.2, 0.25) is 0 Å². The highest BCUT2D eigenvalue weighted by Gasteiger charge is 2.39. The van der Waals surface area contributed by atoms with E-state index in [0.717, 1.165) is 34.8 Å². The highest BCUT2D eigenvalue weighted by atomic mass is 32.2. The molecule has 0 aromatic heterocycles. The van der Waals surface area contributed by atoms with Gasteiger partial charge in [0.15, 0.2) is 0 Å². The molecule has 2 aliphatic carbocycles. The Labute approximate surface area is 118 Å². The van der Waals surface area contributed by atoms with Crippen LogP contribution >= 0.6 is 11.8 Å². The predicted molar refractivity (Wildman–Crippen MR) is 76.7 cm³/mol. The number of hydrogen-bond donors (Lipinski definition) is 1. The van der Waals surface area contributed by atoms with Gasteiger partial charge in [-0.3, -0.25) is 0 Å². The zero-order valence-electron chi connectivity index (χ0n) is 11.1. The molecule has 2 aliphatic rings. The number of aliphatic hydroxyl groups excluding tert-OH is 1. The minimum atomic E-state index is -0.223. The summed E-state index contributed by atoms with van der Waals surface area (Å²) < 4.78 is 12.8. The average molecular weight is 280 g/mol. The lowest BCUT2D eigenvalue weighted by Crippen LogP contribution is -2.20. The van der Waals surface area contributed by atoms with Crippen LogP contribution in [0.5, 0.6) is 0 Å². The highest BCUT2D eigenvalue weighted by molar-refractivity contribution is 7.99. The topological polar surface area (TPSA) is 20.2 Å². The third-order valence-electron chi connectivity index (χ3n) is 4.72. The summed E-state index contributed by atoms with van der Waals surface area (Å²) >= 11 is 1.62. The van der Waals surface area contributed by atoms with Crippen molar-refractivity contribution in [3.8, 4) is 0 Å². The summed E-state index contributed by atoms with van der Waals surface area (Å²) in [5.74, 6) is 3.11. The summed E-state index contributed by atoms with van der Waals surface area (Å²) in [7, 11) is 0. The summed E-state index contributed by atoms with van der Waals surface area (Å²) in [5.41, 5.74) is 0. The maximum atomic E-state index is 12.8. The molecule has 19 heavy (non-hydrogen) atoms. The fourth-order valence-corrected chi connectivity index (χ4v) is 4.66. The summed E-state index contributed by atoms with van der Waals surface area (Å²) in [6.07, 6.45) is 6.27. The van der Waals surface area contributed by atoms with E-state index in [1.807, 2.05) is 0 Å². The maximum absolute atomic E-state index is 12.8. The van der Waals surface area contributed by atoms with Gasteiger partial charge >= 0.3 is 0 Å². The summed E-state index contributed by atoms with van der Waals surface area (Å²) in [4.78, 5) is 1.04. The van der Waals surface area contributed by atoms with E-state index in [9.17, 15) is 9.50 Å². The summed E-state index contributed by atoms with van der Waals surface area (Å²) in [6, 6.07) is 6.52. The zero-order valence-corrected chi connectivity index (χ0v) is 11.9. The van der Waals surface area contributed by atoms with Gasteiger partial charge in [0, 0.05) is 10.6 Å². The highest BCUT2D eigenvalue weighted by Crippen LogP contribution is 2.50. The second-order valence-electron chi connectivity index (χ2n) is 6.09. The number of fused-ring (bicyclic) bond motifs is 2. The SMILES string of the molecule is OC(CSc1ccc(F)cc1)CC1CC2CCC1C2. The van der Waals surface area contributed by atoms with E-state index in [4.69, 9.17) is 0 Å². The largest absolute Gasteiger partial charge is 0.392 e. The fraction of sp³-hybridized carbons (Fsp3) is 0.625. The second-order valence-corrected chi connectivity index (χ2v) is 7.18. The van der Waals surface area contributed by atoms with E-state index in [-0.39, 0.29) is 11.9 Å². The van der Waals surface area contributed by atoms with Crippen LogP contribution in [-0.2, 0) is 0 Å². The van der Waals surface area contributed by atoms with Crippen molar-refractivity contribution in [3.05, 3.63) is 30.1 Å². The Morgan fingerprint density at radius 3 is 2.63 bits per heavy atom. The zero-order chi connectivity index (χ0) is 13.2. The summed E-state index contributed by atoms with van der Waals surface area (Å²) in [5, 5.41) is 10.2. The van der Waals surface area contributed by atoms with Gasteiger partial charge in [-0.05, 0) is 67.7 Å². The number of aliphatic hydroxyl groups is 1. The van der Waals surface area contributed by atoms with Gasteiger partial charge < -0.3 is 5.11 Å².